The molecule has 1 aromatic rings. The molecule has 2 rings (SSSR count). The predicted octanol–water partition coefficient (Wildman–Crippen LogP) is 2.66. The second-order valence-electron chi connectivity index (χ2n) is 6.91. The Bertz CT molecular complexity index is 616. The first-order valence-electron chi connectivity index (χ1n) is 8.06. The van der Waals surface area contributed by atoms with E-state index < -0.39 is 24.2 Å². The molecular formula is C16H23F2N3O3. The first kappa shape index (κ1) is 18.4. The average Bonchev–Trinajstić information content (AvgIpc) is 2.88. The van der Waals surface area contributed by atoms with Gasteiger partial charge in [-0.2, -0.15) is 5.10 Å². The van der Waals surface area contributed by atoms with Gasteiger partial charge < -0.3 is 10.0 Å². The number of nitrogens with zero attached hydrogens (tertiary/aromatic N) is 3. The number of hydrogen-bond acceptors (Lipinski definition) is 3. The van der Waals surface area contributed by atoms with E-state index in [1.165, 1.54) is 15.8 Å². The maximum atomic E-state index is 13.5. The quantitative estimate of drug-likeness (QED) is 0.892. The van der Waals surface area contributed by atoms with E-state index in [2.05, 4.69) is 5.10 Å². The van der Waals surface area contributed by atoms with E-state index >= 15 is 0 Å². The van der Waals surface area contributed by atoms with E-state index in [0.29, 0.717) is 19.5 Å². The standard InChI is InChI=1S/C16H23F2N3O3/c1-9(2)6-21-13(14(17)18)12(5-19-21)15(22)20-7-10(3)4-11(8-20)16(23)24/h5,9-11,14H,4,6-8H2,1-3H3,(H,23,24). The summed E-state index contributed by atoms with van der Waals surface area (Å²) >= 11 is 0. The lowest BCUT2D eigenvalue weighted by atomic mass is 9.90. The van der Waals surface area contributed by atoms with Crippen LogP contribution < -0.4 is 0 Å². The molecule has 0 bridgehead atoms. The van der Waals surface area contributed by atoms with E-state index in [1.807, 2.05) is 20.8 Å². The number of carbonyl (C=O) groups is 2. The molecule has 1 amide bonds. The fraction of sp³-hybridized carbons (Fsp3) is 0.688. The summed E-state index contributed by atoms with van der Waals surface area (Å²) in [4.78, 5) is 25.3. The number of halogens is 2. The second-order valence-corrected chi connectivity index (χ2v) is 6.91. The Kier molecular flexibility index (Phi) is 5.56. The van der Waals surface area contributed by atoms with Crippen molar-refractivity contribution in [3.8, 4) is 0 Å². The first-order chi connectivity index (χ1) is 11.2. The number of rotatable bonds is 5. The molecule has 1 aliphatic heterocycles. The SMILES string of the molecule is CC(C)Cn1ncc(C(=O)N2CC(C)CC(C(=O)O)C2)c1C(F)F. The lowest BCUT2D eigenvalue weighted by Crippen LogP contribution is -2.45. The van der Waals surface area contributed by atoms with Gasteiger partial charge in [0, 0.05) is 19.6 Å². The number of aliphatic carboxylic acids is 1. The molecule has 0 saturated carbocycles. The molecule has 1 aliphatic rings. The number of carbonyl (C=O) groups excluding carboxylic acids is 1. The minimum absolute atomic E-state index is 0.00417. The van der Waals surface area contributed by atoms with Crippen LogP contribution >= 0.6 is 0 Å². The van der Waals surface area contributed by atoms with Gasteiger partial charge in [-0.15, -0.1) is 0 Å². The zero-order valence-corrected chi connectivity index (χ0v) is 14.1. The van der Waals surface area contributed by atoms with Crippen molar-refractivity contribution >= 4 is 11.9 Å². The van der Waals surface area contributed by atoms with Crippen LogP contribution in [0.25, 0.3) is 0 Å². The first-order valence-corrected chi connectivity index (χ1v) is 8.06. The summed E-state index contributed by atoms with van der Waals surface area (Å²) in [5.74, 6) is -2.10. The van der Waals surface area contributed by atoms with Gasteiger partial charge >= 0.3 is 5.97 Å². The third-order valence-electron chi connectivity index (χ3n) is 4.15. The van der Waals surface area contributed by atoms with Crippen LogP contribution in [0.15, 0.2) is 6.20 Å². The number of likely N-dealkylation sites (tertiary alicyclic amines) is 1. The highest BCUT2D eigenvalue weighted by Crippen LogP contribution is 2.28. The van der Waals surface area contributed by atoms with Gasteiger partial charge in [-0.1, -0.05) is 20.8 Å². The zero-order valence-electron chi connectivity index (χ0n) is 14.1. The number of piperidine rings is 1. The van der Waals surface area contributed by atoms with Crippen LogP contribution in [0.3, 0.4) is 0 Å². The summed E-state index contributed by atoms with van der Waals surface area (Å²) in [5.41, 5.74) is -0.525. The predicted molar refractivity (Wildman–Crippen MR) is 82.8 cm³/mol. The normalized spacial score (nSPS) is 21.5. The van der Waals surface area contributed by atoms with Crippen molar-refractivity contribution in [2.24, 2.45) is 17.8 Å². The molecule has 6 nitrogen and oxygen atoms in total. The summed E-state index contributed by atoms with van der Waals surface area (Å²) in [7, 11) is 0. The number of aromatic nitrogens is 2. The van der Waals surface area contributed by atoms with E-state index in [4.69, 9.17) is 0 Å². The van der Waals surface area contributed by atoms with Crippen LogP contribution in [-0.4, -0.2) is 44.8 Å². The molecule has 1 N–H and O–H groups in total. The fourth-order valence-corrected chi connectivity index (χ4v) is 3.15. The molecule has 24 heavy (non-hydrogen) atoms. The Hall–Kier alpha value is -1.99. The number of hydrogen-bond donors (Lipinski definition) is 1. The molecule has 0 aromatic carbocycles. The summed E-state index contributed by atoms with van der Waals surface area (Å²) in [6.07, 6.45) is -1.17. The molecule has 2 unspecified atom stereocenters. The molecule has 1 saturated heterocycles. The Balaban J connectivity index is 2.28. The highest BCUT2D eigenvalue weighted by molar-refractivity contribution is 5.95. The molecule has 2 heterocycles. The molecule has 134 valence electrons. The minimum atomic E-state index is -2.82. The number of carboxylic acid groups (broad SMARTS) is 1. The molecule has 8 heteroatoms. The molecule has 1 fully saturated rings. The van der Waals surface area contributed by atoms with Crippen LogP contribution in [-0.2, 0) is 11.3 Å². The van der Waals surface area contributed by atoms with Crippen molar-refractivity contribution in [1.29, 1.82) is 0 Å². The summed E-state index contributed by atoms with van der Waals surface area (Å²) in [6.45, 7) is 6.30. The highest BCUT2D eigenvalue weighted by Gasteiger charge is 2.35. The average molecular weight is 343 g/mol. The third-order valence-corrected chi connectivity index (χ3v) is 4.15. The van der Waals surface area contributed by atoms with E-state index in [-0.39, 0.29) is 29.6 Å². The lowest BCUT2D eigenvalue weighted by Gasteiger charge is -2.34. The van der Waals surface area contributed by atoms with Gasteiger partial charge in [0.2, 0.25) is 0 Å². The van der Waals surface area contributed by atoms with Gasteiger partial charge in [0.05, 0.1) is 17.7 Å². The molecule has 2 atom stereocenters. The van der Waals surface area contributed by atoms with Gasteiger partial charge in [0.1, 0.15) is 5.69 Å². The van der Waals surface area contributed by atoms with Gasteiger partial charge in [0.15, 0.2) is 0 Å². The number of carboxylic acids is 1. The van der Waals surface area contributed by atoms with Gasteiger partial charge in [-0.25, -0.2) is 8.78 Å². The molecular weight excluding hydrogens is 320 g/mol. The van der Waals surface area contributed by atoms with Crippen LogP contribution in [0.2, 0.25) is 0 Å². The van der Waals surface area contributed by atoms with Crippen molar-refractivity contribution in [3.63, 3.8) is 0 Å². The van der Waals surface area contributed by atoms with Crippen molar-refractivity contribution in [2.45, 2.75) is 40.2 Å². The van der Waals surface area contributed by atoms with Crippen molar-refractivity contribution in [1.82, 2.24) is 14.7 Å². The fourth-order valence-electron chi connectivity index (χ4n) is 3.15. The topological polar surface area (TPSA) is 75.4 Å². The van der Waals surface area contributed by atoms with E-state index in [1.54, 1.807) is 0 Å². The Morgan fingerprint density at radius 2 is 2.04 bits per heavy atom. The molecule has 1 aromatic heterocycles. The van der Waals surface area contributed by atoms with Crippen molar-refractivity contribution in [3.05, 3.63) is 17.5 Å². The van der Waals surface area contributed by atoms with E-state index in [9.17, 15) is 23.5 Å². The van der Waals surface area contributed by atoms with Gasteiger partial charge in [-0.05, 0) is 18.3 Å². The van der Waals surface area contributed by atoms with Crippen LogP contribution in [0.4, 0.5) is 8.78 Å². The molecule has 0 radical (unpaired) electrons. The molecule has 0 spiro atoms. The zero-order chi connectivity index (χ0) is 18.0. The Morgan fingerprint density at radius 3 is 2.58 bits per heavy atom. The summed E-state index contributed by atoms with van der Waals surface area (Å²) in [6, 6.07) is 0. The number of alkyl halides is 2. The molecule has 0 aliphatic carbocycles. The highest BCUT2D eigenvalue weighted by atomic mass is 19.3. The number of amides is 1. The van der Waals surface area contributed by atoms with E-state index in [0.717, 1.165) is 0 Å². The smallest absolute Gasteiger partial charge is 0.308 e. The van der Waals surface area contributed by atoms with Crippen LogP contribution in [0.5, 0.6) is 0 Å². The minimum Gasteiger partial charge on any atom is -0.481 e. The van der Waals surface area contributed by atoms with Gasteiger partial charge in [0.25, 0.3) is 12.3 Å². The Morgan fingerprint density at radius 1 is 1.38 bits per heavy atom. The second kappa shape index (κ2) is 7.27. The largest absolute Gasteiger partial charge is 0.481 e. The third kappa shape index (κ3) is 3.91. The maximum absolute atomic E-state index is 13.5. The van der Waals surface area contributed by atoms with Crippen molar-refractivity contribution < 1.29 is 23.5 Å². The van der Waals surface area contributed by atoms with Crippen LogP contribution in [0.1, 0.15) is 49.7 Å². The van der Waals surface area contributed by atoms with Crippen LogP contribution in [0, 0.1) is 17.8 Å². The monoisotopic (exact) mass is 343 g/mol. The lowest BCUT2D eigenvalue weighted by molar-refractivity contribution is -0.143. The summed E-state index contributed by atoms with van der Waals surface area (Å²) in [5, 5.41) is 13.1. The maximum Gasteiger partial charge on any atom is 0.308 e. The Labute approximate surface area is 139 Å². The van der Waals surface area contributed by atoms with Gasteiger partial charge in [-0.3, -0.25) is 14.3 Å². The summed E-state index contributed by atoms with van der Waals surface area (Å²) < 4.78 is 28.1. The van der Waals surface area contributed by atoms with Crippen molar-refractivity contribution in [2.75, 3.05) is 13.1 Å².